The van der Waals surface area contributed by atoms with Crippen LogP contribution in [0.1, 0.15) is 74.1 Å². The van der Waals surface area contributed by atoms with E-state index >= 15 is 0 Å². The van der Waals surface area contributed by atoms with E-state index in [2.05, 4.69) is 95.3 Å². The standard InChI is InChI=1S/C33H52O6Si/c1-8-10-22-34-24-27(37-31-30(26-35-23-11-9-2)38-33(6,7)39-31)25-36-40(32(3,4)5,28-18-14-12-15-19-28)29-20-16-13-17-21-29/h12-21,27,30-31H,8-11,22-26H2,1-7H3/t27?,30-,31+/m0/s1. The third-order valence-electron chi connectivity index (χ3n) is 7.24. The van der Waals surface area contributed by atoms with E-state index in [0.717, 1.165) is 25.7 Å². The number of ether oxygens (including phenoxy) is 5. The fourth-order valence-electron chi connectivity index (χ4n) is 5.23. The molecule has 6 nitrogen and oxygen atoms in total. The molecule has 0 spiro atoms. The third kappa shape index (κ3) is 8.96. The quantitative estimate of drug-likeness (QED) is 0.170. The van der Waals surface area contributed by atoms with Gasteiger partial charge in [-0.05, 0) is 42.1 Å². The van der Waals surface area contributed by atoms with Crippen molar-refractivity contribution in [3.05, 3.63) is 60.7 Å². The number of rotatable bonds is 17. The molecule has 3 atom stereocenters. The lowest BCUT2D eigenvalue weighted by Crippen LogP contribution is -2.67. The van der Waals surface area contributed by atoms with E-state index in [4.69, 9.17) is 28.1 Å². The van der Waals surface area contributed by atoms with E-state index in [1.165, 1.54) is 10.4 Å². The van der Waals surface area contributed by atoms with Crippen molar-refractivity contribution < 1.29 is 28.1 Å². The molecule has 1 aliphatic rings. The maximum Gasteiger partial charge on any atom is 0.261 e. The predicted octanol–water partition coefficient (Wildman–Crippen LogP) is 6.06. The van der Waals surface area contributed by atoms with Crippen LogP contribution in [0.2, 0.25) is 5.04 Å². The first-order valence-corrected chi connectivity index (χ1v) is 17.0. The molecule has 0 radical (unpaired) electrons. The van der Waals surface area contributed by atoms with Gasteiger partial charge in [-0.3, -0.25) is 0 Å². The van der Waals surface area contributed by atoms with Crippen LogP contribution in [0.3, 0.4) is 0 Å². The molecule has 1 unspecified atom stereocenters. The summed E-state index contributed by atoms with van der Waals surface area (Å²) < 4.78 is 38.2. The molecule has 2 aromatic carbocycles. The molecule has 2 aromatic rings. The zero-order chi connectivity index (χ0) is 29.1. The van der Waals surface area contributed by atoms with Crippen LogP contribution < -0.4 is 10.4 Å². The monoisotopic (exact) mass is 572 g/mol. The minimum Gasteiger partial charge on any atom is -0.405 e. The molecule has 224 valence electrons. The molecule has 0 aromatic heterocycles. The zero-order valence-electron chi connectivity index (χ0n) is 25.8. The molecule has 3 rings (SSSR count). The normalized spacial score (nSPS) is 20.1. The SMILES string of the molecule is CCCCOCC(CO[Si](c1ccccc1)(c1ccccc1)C(C)(C)C)O[C@@H]1OC(C)(C)O[C@H]1COCCCC. The van der Waals surface area contributed by atoms with Crippen LogP contribution in [0.15, 0.2) is 60.7 Å². The highest BCUT2D eigenvalue weighted by atomic mass is 28.4. The van der Waals surface area contributed by atoms with Gasteiger partial charge in [-0.2, -0.15) is 0 Å². The van der Waals surface area contributed by atoms with Crippen molar-refractivity contribution in [2.45, 2.75) is 103 Å². The molecule has 0 aliphatic carbocycles. The van der Waals surface area contributed by atoms with E-state index in [1.807, 2.05) is 13.8 Å². The summed E-state index contributed by atoms with van der Waals surface area (Å²) in [6, 6.07) is 21.4. The predicted molar refractivity (Wildman–Crippen MR) is 164 cm³/mol. The van der Waals surface area contributed by atoms with Gasteiger partial charge in [0.25, 0.3) is 8.32 Å². The van der Waals surface area contributed by atoms with Crippen molar-refractivity contribution in [1.29, 1.82) is 0 Å². The van der Waals surface area contributed by atoms with Crippen molar-refractivity contribution in [2.24, 2.45) is 0 Å². The molecule has 1 aliphatic heterocycles. The summed E-state index contributed by atoms with van der Waals surface area (Å²) in [4.78, 5) is 0. The lowest BCUT2D eigenvalue weighted by atomic mass is 10.2. The molecule has 0 N–H and O–H groups in total. The van der Waals surface area contributed by atoms with Gasteiger partial charge >= 0.3 is 0 Å². The minimum atomic E-state index is -2.73. The fourth-order valence-corrected chi connectivity index (χ4v) is 9.83. The molecular weight excluding hydrogens is 520 g/mol. The average molecular weight is 573 g/mol. The van der Waals surface area contributed by atoms with Gasteiger partial charge in [-0.1, -0.05) is 108 Å². The van der Waals surface area contributed by atoms with Gasteiger partial charge in [0.1, 0.15) is 12.2 Å². The Hall–Kier alpha value is -1.58. The maximum atomic E-state index is 7.20. The largest absolute Gasteiger partial charge is 0.405 e. The first kappa shape index (κ1) is 32.9. The van der Waals surface area contributed by atoms with Gasteiger partial charge in [0, 0.05) is 13.2 Å². The minimum absolute atomic E-state index is 0.131. The second-order valence-electron chi connectivity index (χ2n) is 12.1. The van der Waals surface area contributed by atoms with Gasteiger partial charge < -0.3 is 28.1 Å². The van der Waals surface area contributed by atoms with Gasteiger partial charge in [0.05, 0.1) is 19.8 Å². The fraction of sp³-hybridized carbons (Fsp3) is 0.636. The van der Waals surface area contributed by atoms with Crippen molar-refractivity contribution in [3.63, 3.8) is 0 Å². The number of benzene rings is 2. The summed E-state index contributed by atoms with van der Waals surface area (Å²) in [7, 11) is -2.73. The topological polar surface area (TPSA) is 55.4 Å². The first-order valence-electron chi connectivity index (χ1n) is 15.0. The molecule has 0 amide bonds. The molecule has 1 fully saturated rings. The van der Waals surface area contributed by atoms with Crippen LogP contribution in [-0.4, -0.2) is 65.6 Å². The third-order valence-corrected chi connectivity index (χ3v) is 12.2. The Morgan fingerprint density at radius 2 is 1.35 bits per heavy atom. The highest BCUT2D eigenvalue weighted by Crippen LogP contribution is 2.37. The van der Waals surface area contributed by atoms with Gasteiger partial charge in [-0.15, -0.1) is 0 Å². The van der Waals surface area contributed by atoms with E-state index in [9.17, 15) is 0 Å². The van der Waals surface area contributed by atoms with Crippen molar-refractivity contribution in [2.75, 3.05) is 33.0 Å². The molecule has 40 heavy (non-hydrogen) atoms. The van der Waals surface area contributed by atoms with E-state index < -0.39 is 20.4 Å². The highest BCUT2D eigenvalue weighted by molar-refractivity contribution is 6.99. The van der Waals surface area contributed by atoms with Crippen molar-refractivity contribution >= 4 is 18.7 Å². The van der Waals surface area contributed by atoms with Crippen molar-refractivity contribution in [3.8, 4) is 0 Å². The first-order chi connectivity index (χ1) is 19.1. The number of hydrogen-bond donors (Lipinski definition) is 0. The van der Waals surface area contributed by atoms with Crippen LogP contribution in [0.5, 0.6) is 0 Å². The number of hydrogen-bond acceptors (Lipinski definition) is 6. The Morgan fingerprint density at radius 1 is 0.800 bits per heavy atom. The second kappa shape index (κ2) is 15.6. The summed E-state index contributed by atoms with van der Waals surface area (Å²) in [6.07, 6.45) is 2.96. The Kier molecular flexibility index (Phi) is 12.8. The van der Waals surface area contributed by atoms with Crippen LogP contribution >= 0.6 is 0 Å². The Balaban J connectivity index is 1.87. The smallest absolute Gasteiger partial charge is 0.261 e. The Bertz CT molecular complexity index is 922. The van der Waals surface area contributed by atoms with Crippen LogP contribution in [0, 0.1) is 0 Å². The lowest BCUT2D eigenvalue weighted by molar-refractivity contribution is -0.214. The summed E-state index contributed by atoms with van der Waals surface area (Å²) in [5, 5.41) is 2.35. The van der Waals surface area contributed by atoms with Crippen LogP contribution in [0.25, 0.3) is 0 Å². The summed E-state index contributed by atoms with van der Waals surface area (Å²) >= 11 is 0. The molecule has 1 heterocycles. The molecular formula is C33H52O6Si. The van der Waals surface area contributed by atoms with Gasteiger partial charge in [-0.25, -0.2) is 0 Å². The highest BCUT2D eigenvalue weighted by Gasteiger charge is 2.51. The molecule has 7 heteroatoms. The number of unbranched alkanes of at least 4 members (excludes halogenated alkanes) is 2. The van der Waals surface area contributed by atoms with Crippen LogP contribution in [-0.2, 0) is 28.1 Å². The average Bonchev–Trinajstić information content (AvgIpc) is 3.22. The summed E-state index contributed by atoms with van der Waals surface area (Å²) in [5.41, 5.74) is 0. The molecule has 1 saturated heterocycles. The summed E-state index contributed by atoms with van der Waals surface area (Å²) in [5.74, 6) is -0.754. The Labute approximate surface area is 243 Å². The maximum absolute atomic E-state index is 7.20. The molecule has 0 saturated carbocycles. The van der Waals surface area contributed by atoms with E-state index in [-0.39, 0.29) is 17.2 Å². The molecule has 0 bridgehead atoms. The van der Waals surface area contributed by atoms with E-state index in [0.29, 0.717) is 33.0 Å². The van der Waals surface area contributed by atoms with Crippen LogP contribution in [0.4, 0.5) is 0 Å². The second-order valence-corrected chi connectivity index (χ2v) is 16.4. The lowest BCUT2D eigenvalue weighted by Gasteiger charge is -2.43. The zero-order valence-corrected chi connectivity index (χ0v) is 26.8. The van der Waals surface area contributed by atoms with Gasteiger partial charge in [0.2, 0.25) is 0 Å². The Morgan fingerprint density at radius 3 is 1.88 bits per heavy atom. The van der Waals surface area contributed by atoms with Crippen molar-refractivity contribution in [1.82, 2.24) is 0 Å². The summed E-state index contributed by atoms with van der Waals surface area (Å²) in [6.45, 7) is 17.6. The van der Waals surface area contributed by atoms with E-state index in [1.54, 1.807) is 0 Å². The van der Waals surface area contributed by atoms with Gasteiger partial charge in [0.15, 0.2) is 12.1 Å².